The Morgan fingerprint density at radius 2 is 2.22 bits per heavy atom. The third-order valence-corrected chi connectivity index (χ3v) is 5.41. The highest BCUT2D eigenvalue weighted by Gasteiger charge is 2.34. The fourth-order valence-corrected chi connectivity index (χ4v) is 4.31. The van der Waals surface area contributed by atoms with Gasteiger partial charge in [-0.05, 0) is 49.8 Å². The summed E-state index contributed by atoms with van der Waals surface area (Å²) in [5, 5.41) is 1.38. The first kappa shape index (κ1) is 14.8. The number of aromatic nitrogens is 1. The lowest BCUT2D eigenvalue weighted by molar-refractivity contribution is -0.142. The molecule has 2 aliphatic heterocycles. The Labute approximate surface area is 136 Å². The molecule has 1 aromatic carbocycles. The maximum atomic E-state index is 11.1. The molecule has 4 heteroatoms. The molecule has 1 fully saturated rings. The molecule has 0 aliphatic carbocycles. The van der Waals surface area contributed by atoms with Gasteiger partial charge in [0.2, 0.25) is 0 Å². The molecule has 4 rings (SSSR count). The Morgan fingerprint density at radius 1 is 1.35 bits per heavy atom. The monoisotopic (exact) mass is 312 g/mol. The molecule has 1 aromatic heterocycles. The van der Waals surface area contributed by atoms with Crippen molar-refractivity contribution in [1.82, 2.24) is 9.88 Å². The van der Waals surface area contributed by atoms with Crippen LogP contribution in [0.2, 0.25) is 0 Å². The van der Waals surface area contributed by atoms with Gasteiger partial charge in [-0.25, -0.2) is 0 Å². The summed E-state index contributed by atoms with van der Waals surface area (Å²) in [5.41, 5.74) is 4.14. The van der Waals surface area contributed by atoms with Gasteiger partial charge in [0.1, 0.15) is 0 Å². The molecule has 2 atom stereocenters. The number of rotatable bonds is 2. The van der Waals surface area contributed by atoms with E-state index in [1.165, 1.54) is 35.5 Å². The SMILES string of the molecule is CC(=O)OCC1CCCN2CCc3c([nH]c4ccccc34)C2C1. The Hall–Kier alpha value is -1.81. The number of nitrogens with one attached hydrogen (secondary N) is 1. The van der Waals surface area contributed by atoms with Gasteiger partial charge in [-0.3, -0.25) is 9.69 Å². The van der Waals surface area contributed by atoms with E-state index in [1.54, 1.807) is 0 Å². The quantitative estimate of drug-likeness (QED) is 0.864. The number of ether oxygens (including phenoxy) is 1. The van der Waals surface area contributed by atoms with Gasteiger partial charge in [-0.2, -0.15) is 0 Å². The number of hydrogen-bond acceptors (Lipinski definition) is 3. The van der Waals surface area contributed by atoms with E-state index in [-0.39, 0.29) is 5.97 Å². The third kappa shape index (κ3) is 2.76. The van der Waals surface area contributed by atoms with Crippen LogP contribution in [-0.2, 0) is 16.0 Å². The fraction of sp³-hybridized carbons (Fsp3) is 0.526. The summed E-state index contributed by atoms with van der Waals surface area (Å²) >= 11 is 0. The van der Waals surface area contributed by atoms with Crippen molar-refractivity contribution in [1.29, 1.82) is 0 Å². The van der Waals surface area contributed by atoms with Gasteiger partial charge < -0.3 is 9.72 Å². The lowest BCUT2D eigenvalue weighted by Gasteiger charge is -2.35. The Morgan fingerprint density at radius 3 is 3.09 bits per heavy atom. The molecule has 0 saturated carbocycles. The van der Waals surface area contributed by atoms with Crippen LogP contribution in [0, 0.1) is 5.92 Å². The molecule has 122 valence electrons. The Bertz CT molecular complexity index is 721. The third-order valence-electron chi connectivity index (χ3n) is 5.41. The molecule has 4 nitrogen and oxygen atoms in total. The number of benzene rings is 1. The maximum absolute atomic E-state index is 11.1. The highest BCUT2D eigenvalue weighted by molar-refractivity contribution is 5.85. The Balaban J connectivity index is 1.64. The predicted molar refractivity (Wildman–Crippen MR) is 90.3 cm³/mol. The van der Waals surface area contributed by atoms with Crippen LogP contribution in [0.15, 0.2) is 24.3 Å². The molecule has 2 aromatic rings. The van der Waals surface area contributed by atoms with Gasteiger partial charge in [0, 0.05) is 30.1 Å². The number of nitrogens with zero attached hydrogens (tertiary/aromatic N) is 1. The van der Waals surface area contributed by atoms with Crippen molar-refractivity contribution in [2.24, 2.45) is 5.92 Å². The first-order chi connectivity index (χ1) is 11.2. The molecule has 2 unspecified atom stereocenters. The zero-order chi connectivity index (χ0) is 15.8. The van der Waals surface area contributed by atoms with Crippen molar-refractivity contribution in [3.05, 3.63) is 35.5 Å². The van der Waals surface area contributed by atoms with Crippen LogP contribution in [0.4, 0.5) is 0 Å². The van der Waals surface area contributed by atoms with E-state index >= 15 is 0 Å². The van der Waals surface area contributed by atoms with Gasteiger partial charge in [0.05, 0.1) is 12.6 Å². The summed E-state index contributed by atoms with van der Waals surface area (Å²) in [5.74, 6) is 0.298. The highest BCUT2D eigenvalue weighted by Crippen LogP contribution is 2.40. The molecule has 23 heavy (non-hydrogen) atoms. The van der Waals surface area contributed by atoms with Crippen molar-refractivity contribution in [2.75, 3.05) is 19.7 Å². The van der Waals surface area contributed by atoms with Gasteiger partial charge in [0.15, 0.2) is 0 Å². The molecule has 0 bridgehead atoms. The molecule has 1 saturated heterocycles. The molecular formula is C19H24N2O2. The topological polar surface area (TPSA) is 45.3 Å². The number of fused-ring (bicyclic) bond motifs is 5. The average molecular weight is 312 g/mol. The minimum Gasteiger partial charge on any atom is -0.466 e. The van der Waals surface area contributed by atoms with E-state index in [4.69, 9.17) is 4.74 Å². The lowest BCUT2D eigenvalue weighted by Crippen LogP contribution is -2.35. The summed E-state index contributed by atoms with van der Waals surface area (Å²) in [4.78, 5) is 17.4. The van der Waals surface area contributed by atoms with Crippen LogP contribution in [0.5, 0.6) is 0 Å². The zero-order valence-corrected chi connectivity index (χ0v) is 13.7. The largest absolute Gasteiger partial charge is 0.466 e. The minimum atomic E-state index is -0.166. The summed E-state index contributed by atoms with van der Waals surface area (Å²) in [6, 6.07) is 9.06. The summed E-state index contributed by atoms with van der Waals surface area (Å²) in [6.45, 7) is 4.35. The first-order valence-electron chi connectivity index (χ1n) is 8.69. The predicted octanol–water partition coefficient (Wildman–Crippen LogP) is 3.43. The van der Waals surface area contributed by atoms with E-state index < -0.39 is 0 Å². The summed E-state index contributed by atoms with van der Waals surface area (Å²) in [6.07, 6.45) is 4.55. The Kier molecular flexibility index (Phi) is 3.85. The average Bonchev–Trinajstić information content (AvgIpc) is 2.79. The molecule has 2 aliphatic rings. The maximum Gasteiger partial charge on any atom is 0.302 e. The van der Waals surface area contributed by atoms with E-state index in [0.29, 0.717) is 18.6 Å². The second-order valence-electron chi connectivity index (χ2n) is 6.91. The van der Waals surface area contributed by atoms with Crippen LogP contribution < -0.4 is 0 Å². The van der Waals surface area contributed by atoms with Gasteiger partial charge >= 0.3 is 5.97 Å². The number of hydrogen-bond donors (Lipinski definition) is 1. The van der Waals surface area contributed by atoms with Crippen LogP contribution in [0.3, 0.4) is 0 Å². The standard InChI is InChI=1S/C19H24N2O2/c1-13(22)23-12-14-5-4-9-21-10-8-16-15-6-2-3-7-17(15)20-19(16)18(21)11-14/h2-3,6-7,14,18,20H,4-5,8-12H2,1H3. The van der Waals surface area contributed by atoms with E-state index in [2.05, 4.69) is 34.1 Å². The molecular weight excluding hydrogens is 288 g/mol. The van der Waals surface area contributed by atoms with E-state index in [0.717, 1.165) is 32.4 Å². The van der Waals surface area contributed by atoms with Crippen LogP contribution in [0.1, 0.15) is 43.5 Å². The lowest BCUT2D eigenvalue weighted by atomic mass is 9.91. The highest BCUT2D eigenvalue weighted by atomic mass is 16.5. The normalized spacial score (nSPS) is 24.7. The molecule has 3 heterocycles. The molecule has 0 spiro atoms. The van der Waals surface area contributed by atoms with Crippen LogP contribution in [0.25, 0.3) is 10.9 Å². The van der Waals surface area contributed by atoms with Crippen molar-refractivity contribution < 1.29 is 9.53 Å². The van der Waals surface area contributed by atoms with Crippen LogP contribution >= 0.6 is 0 Å². The number of aromatic amines is 1. The molecule has 1 N–H and O–H groups in total. The summed E-state index contributed by atoms with van der Waals surface area (Å²) in [7, 11) is 0. The molecule has 0 radical (unpaired) electrons. The number of esters is 1. The summed E-state index contributed by atoms with van der Waals surface area (Å²) < 4.78 is 5.30. The number of H-pyrrole nitrogens is 1. The van der Waals surface area contributed by atoms with Crippen LogP contribution in [-0.4, -0.2) is 35.5 Å². The number of para-hydroxylation sites is 1. The van der Waals surface area contributed by atoms with Gasteiger partial charge in [-0.15, -0.1) is 0 Å². The first-order valence-corrected chi connectivity index (χ1v) is 8.69. The van der Waals surface area contributed by atoms with Crippen molar-refractivity contribution in [3.63, 3.8) is 0 Å². The molecule has 0 amide bonds. The smallest absolute Gasteiger partial charge is 0.302 e. The van der Waals surface area contributed by atoms with Crippen molar-refractivity contribution in [3.8, 4) is 0 Å². The second kappa shape index (κ2) is 6.00. The second-order valence-corrected chi connectivity index (χ2v) is 6.91. The van der Waals surface area contributed by atoms with E-state index in [1.807, 2.05) is 0 Å². The van der Waals surface area contributed by atoms with Crippen molar-refractivity contribution >= 4 is 16.9 Å². The zero-order valence-electron chi connectivity index (χ0n) is 13.7. The van der Waals surface area contributed by atoms with E-state index in [9.17, 15) is 4.79 Å². The van der Waals surface area contributed by atoms with Crippen molar-refractivity contribution in [2.45, 2.75) is 38.6 Å². The number of carbonyl (C=O) groups is 1. The fourth-order valence-electron chi connectivity index (χ4n) is 4.31. The minimum absolute atomic E-state index is 0.166. The van der Waals surface area contributed by atoms with Gasteiger partial charge in [-0.1, -0.05) is 18.2 Å². The van der Waals surface area contributed by atoms with Gasteiger partial charge in [0.25, 0.3) is 0 Å². The number of carbonyl (C=O) groups excluding carboxylic acids is 1.